The van der Waals surface area contributed by atoms with Gasteiger partial charge in [-0.15, -0.1) is 0 Å². The molecule has 0 saturated heterocycles. The van der Waals surface area contributed by atoms with E-state index in [-0.39, 0.29) is 0 Å². The normalized spacial score (nSPS) is 9.40. The van der Waals surface area contributed by atoms with E-state index in [9.17, 15) is 4.79 Å². The van der Waals surface area contributed by atoms with E-state index in [1.807, 2.05) is 18.4 Å². The standard InChI is InChI=1S/C7H3I2O/c8-6-2-1-5(4-10)7(9)3-6/h1-3H. The number of hydrogen-bond acceptors (Lipinski definition) is 1. The van der Waals surface area contributed by atoms with Gasteiger partial charge in [-0.05, 0) is 63.4 Å². The number of halogens is 2. The molecule has 0 fully saturated rings. The predicted octanol–water partition coefficient (Wildman–Crippen LogP) is 2.35. The first-order valence-corrected chi connectivity index (χ1v) is 4.73. The van der Waals surface area contributed by atoms with Crippen LogP contribution in [-0.4, -0.2) is 6.29 Å². The van der Waals surface area contributed by atoms with Crippen LogP contribution in [0.15, 0.2) is 18.2 Å². The molecule has 0 N–H and O–H groups in total. The molecule has 0 heterocycles. The molecule has 0 aliphatic carbocycles. The van der Waals surface area contributed by atoms with Gasteiger partial charge in [0.05, 0.1) is 0 Å². The summed E-state index contributed by atoms with van der Waals surface area (Å²) in [5, 5.41) is 0. The summed E-state index contributed by atoms with van der Waals surface area (Å²) < 4.78 is 2.10. The van der Waals surface area contributed by atoms with E-state index in [1.54, 1.807) is 6.07 Å². The highest BCUT2D eigenvalue weighted by atomic mass is 127. The lowest BCUT2D eigenvalue weighted by Gasteiger charge is -1.94. The average molecular weight is 357 g/mol. The zero-order valence-electron chi connectivity index (χ0n) is 4.90. The molecule has 0 amide bonds. The van der Waals surface area contributed by atoms with Crippen LogP contribution in [0.25, 0.3) is 0 Å². The van der Waals surface area contributed by atoms with Crippen molar-refractivity contribution < 1.29 is 4.79 Å². The van der Waals surface area contributed by atoms with Crippen molar-refractivity contribution in [1.29, 1.82) is 0 Å². The minimum Gasteiger partial charge on any atom is -0.285 e. The lowest BCUT2D eigenvalue weighted by Crippen LogP contribution is -1.85. The van der Waals surface area contributed by atoms with Crippen LogP contribution in [0.1, 0.15) is 5.56 Å². The number of carbonyl (C=O) groups excluding carboxylic acids is 1. The maximum absolute atomic E-state index is 10.2. The molecule has 0 spiro atoms. The maximum Gasteiger partial charge on any atom is 0.234 e. The second kappa shape index (κ2) is 3.66. The number of benzene rings is 1. The lowest BCUT2D eigenvalue weighted by atomic mass is 10.2. The summed E-state index contributed by atoms with van der Waals surface area (Å²) in [5.74, 6) is 0. The van der Waals surface area contributed by atoms with Gasteiger partial charge in [-0.3, -0.25) is 4.79 Å². The van der Waals surface area contributed by atoms with Crippen LogP contribution in [0, 0.1) is 7.14 Å². The maximum atomic E-state index is 10.2. The number of rotatable bonds is 1. The Morgan fingerprint density at radius 2 is 2.00 bits per heavy atom. The first-order valence-electron chi connectivity index (χ1n) is 2.57. The van der Waals surface area contributed by atoms with E-state index in [0.717, 1.165) is 7.14 Å². The molecule has 0 atom stereocenters. The monoisotopic (exact) mass is 357 g/mol. The highest BCUT2D eigenvalue weighted by Crippen LogP contribution is 2.13. The van der Waals surface area contributed by atoms with Gasteiger partial charge < -0.3 is 0 Å². The van der Waals surface area contributed by atoms with Gasteiger partial charge in [0.2, 0.25) is 6.29 Å². The summed E-state index contributed by atoms with van der Waals surface area (Å²) in [4.78, 5) is 10.2. The second-order valence-corrected chi connectivity index (χ2v) is 4.13. The third-order valence-electron chi connectivity index (χ3n) is 1.04. The smallest absolute Gasteiger partial charge is 0.234 e. The molecule has 51 valence electrons. The van der Waals surface area contributed by atoms with Gasteiger partial charge in [-0.1, -0.05) is 0 Å². The molecule has 10 heavy (non-hydrogen) atoms. The second-order valence-electron chi connectivity index (χ2n) is 1.73. The quantitative estimate of drug-likeness (QED) is 0.706. The van der Waals surface area contributed by atoms with Crippen LogP contribution in [0.4, 0.5) is 0 Å². The Hall–Kier alpha value is 0.350. The molecule has 3 heteroatoms. The fourth-order valence-corrected chi connectivity index (χ4v) is 2.28. The van der Waals surface area contributed by atoms with E-state index in [2.05, 4.69) is 45.2 Å². The molecular weight excluding hydrogens is 354 g/mol. The molecule has 1 aromatic rings. The van der Waals surface area contributed by atoms with E-state index in [4.69, 9.17) is 0 Å². The van der Waals surface area contributed by atoms with Crippen molar-refractivity contribution in [1.82, 2.24) is 0 Å². The molecule has 0 saturated carbocycles. The third-order valence-corrected chi connectivity index (χ3v) is 2.60. The predicted molar refractivity (Wildman–Crippen MR) is 56.7 cm³/mol. The first-order chi connectivity index (χ1) is 4.74. The topological polar surface area (TPSA) is 17.1 Å². The van der Waals surface area contributed by atoms with Gasteiger partial charge in [0, 0.05) is 12.7 Å². The first kappa shape index (κ1) is 8.45. The highest BCUT2D eigenvalue weighted by Gasteiger charge is 1.97. The summed E-state index contributed by atoms with van der Waals surface area (Å²) in [6.45, 7) is 0. The van der Waals surface area contributed by atoms with Gasteiger partial charge in [-0.25, -0.2) is 0 Å². The minimum absolute atomic E-state index is 0.640. The Morgan fingerprint density at radius 1 is 1.30 bits per heavy atom. The Morgan fingerprint density at radius 3 is 2.50 bits per heavy atom. The summed E-state index contributed by atoms with van der Waals surface area (Å²) in [6, 6.07) is 5.61. The molecule has 1 nitrogen and oxygen atoms in total. The molecule has 1 radical (unpaired) electrons. The van der Waals surface area contributed by atoms with E-state index < -0.39 is 0 Å². The fourth-order valence-electron chi connectivity index (χ4n) is 0.572. The molecule has 0 aromatic heterocycles. The Bertz CT molecular complexity index is 258. The lowest BCUT2D eigenvalue weighted by molar-refractivity contribution is 0.562. The molecule has 0 aliphatic heterocycles. The van der Waals surface area contributed by atoms with Crippen LogP contribution in [0.3, 0.4) is 0 Å². The van der Waals surface area contributed by atoms with Gasteiger partial charge >= 0.3 is 0 Å². The van der Waals surface area contributed by atoms with E-state index in [1.165, 1.54) is 0 Å². The van der Waals surface area contributed by atoms with Crippen molar-refractivity contribution in [3.05, 3.63) is 30.9 Å². The fraction of sp³-hybridized carbons (Fsp3) is 0. The molecule has 1 aromatic carbocycles. The molecule has 0 aliphatic rings. The zero-order chi connectivity index (χ0) is 7.56. The summed E-state index contributed by atoms with van der Waals surface area (Å²) in [7, 11) is 0. The van der Waals surface area contributed by atoms with Gasteiger partial charge in [-0.2, -0.15) is 0 Å². The Kier molecular flexibility index (Phi) is 3.09. The zero-order valence-corrected chi connectivity index (χ0v) is 9.21. The summed E-state index contributed by atoms with van der Waals surface area (Å²) >= 11 is 4.32. The van der Waals surface area contributed by atoms with Gasteiger partial charge in [0.25, 0.3) is 0 Å². The van der Waals surface area contributed by atoms with E-state index in [0.29, 0.717) is 5.56 Å². The Labute approximate surface area is 86.5 Å². The van der Waals surface area contributed by atoms with E-state index >= 15 is 0 Å². The Balaban J connectivity index is 3.19. The van der Waals surface area contributed by atoms with Crippen molar-refractivity contribution >= 4 is 51.5 Å². The van der Waals surface area contributed by atoms with Crippen LogP contribution in [0.5, 0.6) is 0 Å². The van der Waals surface area contributed by atoms with Crippen LogP contribution in [-0.2, 0) is 4.79 Å². The highest BCUT2D eigenvalue weighted by molar-refractivity contribution is 14.1. The summed E-state index contributed by atoms with van der Waals surface area (Å²) in [5.41, 5.74) is 0.640. The summed E-state index contributed by atoms with van der Waals surface area (Å²) in [6.07, 6.45) is 1.86. The molecule has 0 bridgehead atoms. The molecule has 1 rings (SSSR count). The average Bonchev–Trinajstić information content (AvgIpc) is 1.88. The van der Waals surface area contributed by atoms with Crippen LogP contribution < -0.4 is 0 Å². The largest absolute Gasteiger partial charge is 0.285 e. The van der Waals surface area contributed by atoms with Gasteiger partial charge in [0.15, 0.2) is 0 Å². The SMILES string of the molecule is O=[C]c1ccc(I)cc1I. The third kappa shape index (κ3) is 1.91. The van der Waals surface area contributed by atoms with Crippen molar-refractivity contribution in [2.24, 2.45) is 0 Å². The van der Waals surface area contributed by atoms with Crippen LogP contribution >= 0.6 is 45.2 Å². The van der Waals surface area contributed by atoms with Crippen molar-refractivity contribution in [2.75, 3.05) is 0 Å². The van der Waals surface area contributed by atoms with Crippen LogP contribution in [0.2, 0.25) is 0 Å². The number of hydrogen-bond donors (Lipinski definition) is 0. The molecule has 0 unspecified atom stereocenters. The minimum atomic E-state index is 0.640. The van der Waals surface area contributed by atoms with Gasteiger partial charge in [0.1, 0.15) is 0 Å². The molecular formula is C7H3I2O. The van der Waals surface area contributed by atoms with Crippen molar-refractivity contribution in [2.45, 2.75) is 0 Å². The van der Waals surface area contributed by atoms with Crippen molar-refractivity contribution in [3.8, 4) is 0 Å². The van der Waals surface area contributed by atoms with Crippen molar-refractivity contribution in [3.63, 3.8) is 0 Å².